The van der Waals surface area contributed by atoms with E-state index in [2.05, 4.69) is 36.5 Å². The molecule has 16 heavy (non-hydrogen) atoms. The molecular formula is C10H25NO5. The highest BCUT2D eigenvalue weighted by atomic mass is 16.0. The quantitative estimate of drug-likeness (QED) is 0.615. The minimum absolute atomic E-state index is 0. The van der Waals surface area contributed by atoms with E-state index < -0.39 is 0 Å². The second kappa shape index (κ2) is 16.4. The monoisotopic (exact) mass is 239 g/mol. The lowest BCUT2D eigenvalue weighted by molar-refractivity contribution is 0.608. The Kier molecular flexibility index (Phi) is 30.2. The molecule has 1 atom stereocenters. The summed E-state index contributed by atoms with van der Waals surface area (Å²) in [6.07, 6.45) is 1.11. The number of benzene rings is 1. The van der Waals surface area contributed by atoms with Gasteiger partial charge in [0.05, 0.1) is 0 Å². The topological polar surface area (TPSA) is 170 Å². The SMILES string of the molecule is CN[C@@H](C)Cc1ccccc1.O.O.O.O.O. The summed E-state index contributed by atoms with van der Waals surface area (Å²) in [5, 5.41) is 3.21. The Labute approximate surface area is 95.8 Å². The third-order valence-corrected chi connectivity index (χ3v) is 1.88. The van der Waals surface area contributed by atoms with Crippen LogP contribution in [0.15, 0.2) is 30.3 Å². The Morgan fingerprint density at radius 3 is 1.75 bits per heavy atom. The molecule has 0 amide bonds. The van der Waals surface area contributed by atoms with Crippen LogP contribution in [0.5, 0.6) is 0 Å². The average Bonchev–Trinajstić information content (AvgIpc) is 2.06. The summed E-state index contributed by atoms with van der Waals surface area (Å²) in [6, 6.07) is 11.1. The van der Waals surface area contributed by atoms with E-state index in [0.29, 0.717) is 6.04 Å². The lowest BCUT2D eigenvalue weighted by atomic mass is 10.1. The van der Waals surface area contributed by atoms with Gasteiger partial charge in [0.1, 0.15) is 0 Å². The summed E-state index contributed by atoms with van der Waals surface area (Å²) in [6.45, 7) is 2.19. The highest BCUT2D eigenvalue weighted by Gasteiger charge is 1.97. The van der Waals surface area contributed by atoms with Crippen molar-refractivity contribution in [3.8, 4) is 0 Å². The molecule has 0 spiro atoms. The molecule has 6 heteroatoms. The lowest BCUT2D eigenvalue weighted by Crippen LogP contribution is -2.23. The van der Waals surface area contributed by atoms with Crippen LogP contribution in [0, 0.1) is 0 Å². The number of rotatable bonds is 3. The van der Waals surface area contributed by atoms with Gasteiger partial charge in [-0.25, -0.2) is 0 Å². The molecular weight excluding hydrogens is 214 g/mol. The van der Waals surface area contributed by atoms with Gasteiger partial charge in [0.2, 0.25) is 0 Å². The first kappa shape index (κ1) is 29.4. The van der Waals surface area contributed by atoms with E-state index in [1.807, 2.05) is 13.1 Å². The first-order valence-electron chi connectivity index (χ1n) is 4.04. The van der Waals surface area contributed by atoms with Gasteiger partial charge >= 0.3 is 0 Å². The van der Waals surface area contributed by atoms with Crippen LogP contribution in [0.1, 0.15) is 12.5 Å². The molecule has 0 aliphatic heterocycles. The van der Waals surface area contributed by atoms with Crippen molar-refractivity contribution in [2.75, 3.05) is 7.05 Å². The van der Waals surface area contributed by atoms with Crippen LogP contribution >= 0.6 is 0 Å². The van der Waals surface area contributed by atoms with Gasteiger partial charge in [-0.1, -0.05) is 30.3 Å². The normalized spacial score (nSPS) is 8.88. The number of nitrogens with one attached hydrogen (secondary N) is 1. The highest BCUT2D eigenvalue weighted by molar-refractivity contribution is 5.15. The molecule has 1 rings (SSSR count). The van der Waals surface area contributed by atoms with Crippen molar-refractivity contribution in [1.82, 2.24) is 5.32 Å². The van der Waals surface area contributed by atoms with Crippen LogP contribution in [-0.2, 0) is 6.42 Å². The van der Waals surface area contributed by atoms with Gasteiger partial charge in [0.25, 0.3) is 0 Å². The molecule has 0 bridgehead atoms. The Morgan fingerprint density at radius 2 is 1.38 bits per heavy atom. The Hall–Kier alpha value is -1.02. The second-order valence-electron chi connectivity index (χ2n) is 2.88. The smallest absolute Gasteiger partial charge is 0.00761 e. The standard InChI is InChI=1S/C10H15N.5H2O/c1-9(11-2)8-10-6-4-3-5-7-10;;;;;/h3-7,9,11H,8H2,1-2H3;5*1H2/t9-;;;;;/m0...../s1. The summed E-state index contributed by atoms with van der Waals surface area (Å²) in [5.74, 6) is 0. The van der Waals surface area contributed by atoms with E-state index in [0.717, 1.165) is 6.42 Å². The van der Waals surface area contributed by atoms with E-state index in [9.17, 15) is 0 Å². The molecule has 1 aromatic rings. The van der Waals surface area contributed by atoms with Gasteiger partial charge in [-0.2, -0.15) is 0 Å². The highest BCUT2D eigenvalue weighted by Crippen LogP contribution is 2.01. The summed E-state index contributed by atoms with van der Waals surface area (Å²) in [5.41, 5.74) is 1.40. The predicted octanol–water partition coefficient (Wildman–Crippen LogP) is -2.29. The molecule has 0 aliphatic rings. The predicted molar refractivity (Wildman–Crippen MR) is 66.7 cm³/mol. The Balaban J connectivity index is -0.0000000807. The molecule has 100 valence electrons. The summed E-state index contributed by atoms with van der Waals surface area (Å²) in [7, 11) is 1.99. The van der Waals surface area contributed by atoms with Crippen molar-refractivity contribution >= 4 is 0 Å². The van der Waals surface area contributed by atoms with Crippen molar-refractivity contribution in [3.05, 3.63) is 35.9 Å². The van der Waals surface area contributed by atoms with Crippen molar-refractivity contribution < 1.29 is 27.4 Å². The largest absolute Gasteiger partial charge is 0.412 e. The fourth-order valence-corrected chi connectivity index (χ4v) is 1.07. The maximum absolute atomic E-state index is 3.21. The molecule has 0 fully saturated rings. The summed E-state index contributed by atoms with van der Waals surface area (Å²) < 4.78 is 0. The summed E-state index contributed by atoms with van der Waals surface area (Å²) >= 11 is 0. The second-order valence-corrected chi connectivity index (χ2v) is 2.88. The first-order chi connectivity index (χ1) is 5.33. The first-order valence-corrected chi connectivity index (χ1v) is 4.04. The van der Waals surface area contributed by atoms with Gasteiger partial charge in [0.15, 0.2) is 0 Å². The van der Waals surface area contributed by atoms with Crippen molar-refractivity contribution in [1.29, 1.82) is 0 Å². The zero-order valence-corrected chi connectivity index (χ0v) is 9.67. The van der Waals surface area contributed by atoms with Gasteiger partial charge in [-0.3, -0.25) is 0 Å². The third kappa shape index (κ3) is 11.1. The van der Waals surface area contributed by atoms with E-state index in [-0.39, 0.29) is 27.4 Å². The van der Waals surface area contributed by atoms with Crippen LogP contribution in [-0.4, -0.2) is 40.5 Å². The van der Waals surface area contributed by atoms with E-state index in [1.54, 1.807) is 0 Å². The Bertz CT molecular complexity index is 208. The van der Waals surface area contributed by atoms with Gasteiger partial charge in [0, 0.05) is 6.04 Å². The zero-order chi connectivity index (χ0) is 8.10. The molecule has 0 saturated carbocycles. The minimum atomic E-state index is 0. The molecule has 0 heterocycles. The molecule has 0 saturated heterocycles. The fraction of sp³-hybridized carbons (Fsp3) is 0.400. The molecule has 0 radical (unpaired) electrons. The number of likely N-dealkylation sites (N-methyl/N-ethyl adjacent to an activating group) is 1. The van der Waals surface area contributed by atoms with Gasteiger partial charge in [-0.15, -0.1) is 0 Å². The van der Waals surface area contributed by atoms with Crippen LogP contribution in [0.25, 0.3) is 0 Å². The van der Waals surface area contributed by atoms with Crippen LogP contribution in [0.2, 0.25) is 0 Å². The maximum Gasteiger partial charge on any atom is 0.00761 e. The molecule has 11 N–H and O–H groups in total. The number of hydrogen-bond donors (Lipinski definition) is 1. The lowest BCUT2D eigenvalue weighted by Gasteiger charge is -2.08. The van der Waals surface area contributed by atoms with Crippen LogP contribution < -0.4 is 5.32 Å². The molecule has 0 unspecified atom stereocenters. The molecule has 6 nitrogen and oxygen atoms in total. The van der Waals surface area contributed by atoms with Crippen molar-refractivity contribution in [2.24, 2.45) is 0 Å². The van der Waals surface area contributed by atoms with Gasteiger partial charge in [-0.05, 0) is 26.0 Å². The number of hydrogen-bond acceptors (Lipinski definition) is 1. The van der Waals surface area contributed by atoms with E-state index >= 15 is 0 Å². The van der Waals surface area contributed by atoms with E-state index in [4.69, 9.17) is 0 Å². The van der Waals surface area contributed by atoms with E-state index in [1.165, 1.54) is 5.56 Å². The van der Waals surface area contributed by atoms with Crippen LogP contribution in [0.4, 0.5) is 0 Å². The van der Waals surface area contributed by atoms with Gasteiger partial charge < -0.3 is 32.7 Å². The van der Waals surface area contributed by atoms with Crippen LogP contribution in [0.3, 0.4) is 0 Å². The summed E-state index contributed by atoms with van der Waals surface area (Å²) in [4.78, 5) is 0. The molecule has 0 aliphatic carbocycles. The average molecular weight is 239 g/mol. The fourth-order valence-electron chi connectivity index (χ4n) is 1.07. The van der Waals surface area contributed by atoms with Crippen molar-refractivity contribution in [2.45, 2.75) is 19.4 Å². The molecule has 0 aromatic heterocycles. The zero-order valence-electron chi connectivity index (χ0n) is 9.67. The minimum Gasteiger partial charge on any atom is -0.412 e. The van der Waals surface area contributed by atoms with Crippen molar-refractivity contribution in [3.63, 3.8) is 0 Å². The Morgan fingerprint density at radius 1 is 0.938 bits per heavy atom. The molecule has 1 aromatic carbocycles. The maximum atomic E-state index is 3.21. The third-order valence-electron chi connectivity index (χ3n) is 1.88.